The summed E-state index contributed by atoms with van der Waals surface area (Å²) in [6.45, 7) is 8.61. The van der Waals surface area contributed by atoms with E-state index in [0.717, 1.165) is 24.2 Å². The first kappa shape index (κ1) is 27.7. The molecule has 0 saturated carbocycles. The van der Waals surface area contributed by atoms with Crippen LogP contribution in [0.3, 0.4) is 0 Å². The molecule has 1 heterocycles. The van der Waals surface area contributed by atoms with E-state index in [1.165, 1.54) is 6.07 Å². The first-order valence-corrected chi connectivity index (χ1v) is 11.4. The maximum absolute atomic E-state index is 13.9. The van der Waals surface area contributed by atoms with Gasteiger partial charge in [-0.2, -0.15) is 13.2 Å². The van der Waals surface area contributed by atoms with Crippen LogP contribution in [-0.4, -0.2) is 34.1 Å². The summed E-state index contributed by atoms with van der Waals surface area (Å²) >= 11 is 0. The second-order valence-electron chi connectivity index (χ2n) is 8.69. The van der Waals surface area contributed by atoms with Crippen molar-refractivity contribution in [2.24, 2.45) is 5.92 Å². The molecule has 0 fully saturated rings. The molecule has 0 aliphatic carbocycles. The molecule has 0 radical (unpaired) electrons. The van der Waals surface area contributed by atoms with Gasteiger partial charge in [-0.1, -0.05) is 25.5 Å². The number of hydrogen-bond acceptors (Lipinski definition) is 4. The molecule has 0 aliphatic heterocycles. The number of aryl methyl sites for hydroxylation is 2. The van der Waals surface area contributed by atoms with Gasteiger partial charge in [0.2, 0.25) is 5.91 Å². The van der Waals surface area contributed by atoms with E-state index < -0.39 is 23.6 Å². The number of pyridine rings is 1. The molecule has 0 aliphatic rings. The summed E-state index contributed by atoms with van der Waals surface area (Å²) in [7, 11) is 0. The quantitative estimate of drug-likeness (QED) is 0.184. The Morgan fingerprint density at radius 1 is 1.18 bits per heavy atom. The molecule has 1 aromatic heterocycles. The predicted octanol–water partition coefficient (Wildman–Crippen LogP) is 5.77. The minimum atomic E-state index is -4.41. The molecular formula is C25H33F4N3O2. The third kappa shape index (κ3) is 7.50. The van der Waals surface area contributed by atoms with Crippen molar-refractivity contribution in [3.05, 3.63) is 64.2 Å². The normalized spacial score (nSPS) is 13.7. The highest BCUT2D eigenvalue weighted by Gasteiger charge is 2.31. The van der Waals surface area contributed by atoms with E-state index in [1.54, 1.807) is 31.5 Å². The number of hydroxylamine groups is 1. The number of aromatic nitrogens is 1. The van der Waals surface area contributed by atoms with Gasteiger partial charge in [0.05, 0.1) is 11.3 Å². The highest BCUT2D eigenvalue weighted by Crippen LogP contribution is 2.29. The topological polar surface area (TPSA) is 65.5 Å². The van der Waals surface area contributed by atoms with Crippen LogP contribution in [0.15, 0.2) is 30.5 Å². The standard InChI is InChI=1S/C25H33F4N3O2/c1-5-32(18(4)22-10-9-21(15-30-22)25(27,28)29)11-7-6-8-20(24(33)31-34)14-19-12-16(2)23(26)17(3)13-19/h9-10,12-13,15,18,20,34H,5-8,11,14H2,1-4H3,(H,31,33)/t18-,20+/m1/s1. The molecule has 1 amide bonds. The predicted molar refractivity (Wildman–Crippen MR) is 122 cm³/mol. The van der Waals surface area contributed by atoms with Crippen LogP contribution in [-0.2, 0) is 17.4 Å². The van der Waals surface area contributed by atoms with Crippen LogP contribution < -0.4 is 5.48 Å². The van der Waals surface area contributed by atoms with Gasteiger partial charge in [0.25, 0.3) is 0 Å². The Morgan fingerprint density at radius 2 is 1.82 bits per heavy atom. The van der Waals surface area contributed by atoms with E-state index in [0.29, 0.717) is 49.2 Å². The zero-order valence-corrected chi connectivity index (χ0v) is 20.0. The number of carbonyl (C=O) groups excluding carboxylic acids is 1. The summed E-state index contributed by atoms with van der Waals surface area (Å²) < 4.78 is 52.3. The Kier molecular flexibility index (Phi) is 10.00. The number of nitrogens with zero attached hydrogens (tertiary/aromatic N) is 2. The first-order chi connectivity index (χ1) is 16.0. The van der Waals surface area contributed by atoms with Crippen LogP contribution in [0.5, 0.6) is 0 Å². The SMILES string of the molecule is CCN(CCCC[C@@H](Cc1cc(C)c(F)c(C)c1)C(=O)NO)[C@H](C)c1ccc(C(F)(F)F)cn1. The number of carbonyl (C=O) groups is 1. The highest BCUT2D eigenvalue weighted by molar-refractivity contribution is 5.77. The monoisotopic (exact) mass is 483 g/mol. The smallest absolute Gasteiger partial charge is 0.295 e. The molecule has 34 heavy (non-hydrogen) atoms. The number of rotatable bonds is 11. The van der Waals surface area contributed by atoms with Gasteiger partial charge in [0.15, 0.2) is 0 Å². The first-order valence-electron chi connectivity index (χ1n) is 11.4. The molecule has 0 saturated heterocycles. The van der Waals surface area contributed by atoms with Crippen molar-refractivity contribution < 1.29 is 27.6 Å². The molecular weight excluding hydrogens is 450 g/mol. The van der Waals surface area contributed by atoms with Crippen LogP contribution in [0.1, 0.15) is 67.1 Å². The van der Waals surface area contributed by atoms with Crippen molar-refractivity contribution in [2.45, 2.75) is 65.6 Å². The Bertz CT molecular complexity index is 925. The van der Waals surface area contributed by atoms with Gasteiger partial charge in [-0.05, 0) is 81.9 Å². The lowest BCUT2D eigenvalue weighted by atomic mass is 9.91. The molecule has 9 heteroatoms. The maximum Gasteiger partial charge on any atom is 0.417 e. The Balaban J connectivity index is 1.94. The summed E-state index contributed by atoms with van der Waals surface area (Å²) in [5.41, 5.74) is 3.39. The maximum atomic E-state index is 13.9. The van der Waals surface area contributed by atoms with Crippen molar-refractivity contribution in [1.29, 1.82) is 0 Å². The van der Waals surface area contributed by atoms with Crippen molar-refractivity contribution >= 4 is 5.91 Å². The fourth-order valence-electron chi connectivity index (χ4n) is 4.19. The molecule has 1 aromatic carbocycles. The van der Waals surface area contributed by atoms with Crippen LogP contribution in [0, 0.1) is 25.6 Å². The van der Waals surface area contributed by atoms with Crippen LogP contribution in [0.25, 0.3) is 0 Å². The number of nitrogens with one attached hydrogen (secondary N) is 1. The lowest BCUT2D eigenvalue weighted by Crippen LogP contribution is -2.30. The van der Waals surface area contributed by atoms with Crippen LogP contribution in [0.2, 0.25) is 0 Å². The van der Waals surface area contributed by atoms with Crippen molar-refractivity contribution in [3.8, 4) is 0 Å². The van der Waals surface area contributed by atoms with Gasteiger partial charge in [-0.15, -0.1) is 0 Å². The number of benzene rings is 1. The van der Waals surface area contributed by atoms with E-state index in [2.05, 4.69) is 9.88 Å². The van der Waals surface area contributed by atoms with E-state index >= 15 is 0 Å². The number of hydrogen-bond donors (Lipinski definition) is 2. The summed E-state index contributed by atoms with van der Waals surface area (Å²) in [6, 6.07) is 5.73. The molecule has 2 atom stereocenters. The minimum Gasteiger partial charge on any atom is -0.295 e. The number of unbranched alkanes of at least 4 members (excludes halogenated alkanes) is 1. The summed E-state index contributed by atoms with van der Waals surface area (Å²) in [6.07, 6.45) is -1.17. The highest BCUT2D eigenvalue weighted by atomic mass is 19.4. The largest absolute Gasteiger partial charge is 0.417 e. The second kappa shape index (κ2) is 12.3. The Labute approximate surface area is 198 Å². The molecule has 2 N–H and O–H groups in total. The van der Waals surface area contributed by atoms with Crippen molar-refractivity contribution in [1.82, 2.24) is 15.4 Å². The second-order valence-corrected chi connectivity index (χ2v) is 8.69. The zero-order chi connectivity index (χ0) is 25.5. The van der Waals surface area contributed by atoms with E-state index in [-0.39, 0.29) is 11.9 Å². The molecule has 2 aromatic rings. The Morgan fingerprint density at radius 3 is 2.32 bits per heavy atom. The molecule has 2 rings (SSSR count). The van der Waals surface area contributed by atoms with Gasteiger partial charge < -0.3 is 0 Å². The van der Waals surface area contributed by atoms with Gasteiger partial charge in [0, 0.05) is 18.2 Å². The van der Waals surface area contributed by atoms with Crippen molar-refractivity contribution in [2.75, 3.05) is 13.1 Å². The van der Waals surface area contributed by atoms with E-state index in [1.807, 2.05) is 13.8 Å². The van der Waals surface area contributed by atoms with Crippen molar-refractivity contribution in [3.63, 3.8) is 0 Å². The Hall–Kier alpha value is -2.52. The number of alkyl halides is 3. The number of amides is 1. The average Bonchev–Trinajstić information content (AvgIpc) is 2.80. The lowest BCUT2D eigenvalue weighted by Gasteiger charge is -2.27. The van der Waals surface area contributed by atoms with Gasteiger partial charge in [0.1, 0.15) is 5.82 Å². The lowest BCUT2D eigenvalue weighted by molar-refractivity contribution is -0.138. The third-order valence-electron chi connectivity index (χ3n) is 6.20. The fraction of sp³-hybridized carbons (Fsp3) is 0.520. The summed E-state index contributed by atoms with van der Waals surface area (Å²) in [4.78, 5) is 18.3. The molecule has 5 nitrogen and oxygen atoms in total. The molecule has 0 spiro atoms. The minimum absolute atomic E-state index is 0.158. The van der Waals surface area contributed by atoms with Gasteiger partial charge in [-0.25, -0.2) is 9.87 Å². The summed E-state index contributed by atoms with van der Waals surface area (Å²) in [5.74, 6) is -1.20. The molecule has 0 unspecified atom stereocenters. The number of halogens is 4. The molecule has 188 valence electrons. The summed E-state index contributed by atoms with van der Waals surface area (Å²) in [5, 5.41) is 9.14. The zero-order valence-electron chi connectivity index (χ0n) is 20.0. The van der Waals surface area contributed by atoms with E-state index in [9.17, 15) is 22.4 Å². The fourth-order valence-corrected chi connectivity index (χ4v) is 4.19. The van der Waals surface area contributed by atoms with Gasteiger partial charge in [-0.3, -0.25) is 19.9 Å². The average molecular weight is 484 g/mol. The van der Waals surface area contributed by atoms with Crippen LogP contribution in [0.4, 0.5) is 17.6 Å². The molecule has 0 bridgehead atoms. The third-order valence-corrected chi connectivity index (χ3v) is 6.20. The van der Waals surface area contributed by atoms with Crippen LogP contribution >= 0.6 is 0 Å². The van der Waals surface area contributed by atoms with Gasteiger partial charge >= 0.3 is 6.18 Å². The van der Waals surface area contributed by atoms with E-state index in [4.69, 9.17) is 5.21 Å².